The minimum atomic E-state index is -3.46. The summed E-state index contributed by atoms with van der Waals surface area (Å²) >= 11 is 5.30. The molecule has 1 rings (SSSR count). The SMILES string of the molecule is CCN(CCO)c1ccc(NS(=O)(=O)CCl)cc1. The van der Waals surface area contributed by atoms with Gasteiger partial charge in [0.1, 0.15) is 5.21 Å². The van der Waals surface area contributed by atoms with Gasteiger partial charge in [0.15, 0.2) is 0 Å². The monoisotopic (exact) mass is 292 g/mol. The molecule has 2 N–H and O–H groups in total. The van der Waals surface area contributed by atoms with E-state index in [2.05, 4.69) is 4.72 Å². The summed E-state index contributed by atoms with van der Waals surface area (Å²) in [5, 5.41) is 8.45. The molecule has 0 fully saturated rings. The molecule has 0 aromatic heterocycles. The molecule has 7 heteroatoms. The second kappa shape index (κ2) is 6.82. The van der Waals surface area contributed by atoms with Crippen molar-refractivity contribution in [3.63, 3.8) is 0 Å². The van der Waals surface area contributed by atoms with Gasteiger partial charge in [-0.2, -0.15) is 0 Å². The third-order valence-corrected chi connectivity index (χ3v) is 4.10. The summed E-state index contributed by atoms with van der Waals surface area (Å²) in [5.41, 5.74) is 1.40. The maximum atomic E-state index is 11.3. The number of aliphatic hydroxyl groups excluding tert-OH is 1. The Morgan fingerprint density at radius 3 is 2.39 bits per heavy atom. The molecule has 0 atom stereocenters. The molecule has 0 aliphatic rings. The molecular formula is C11H17ClN2O3S. The van der Waals surface area contributed by atoms with Crippen molar-refractivity contribution in [1.29, 1.82) is 0 Å². The van der Waals surface area contributed by atoms with E-state index in [9.17, 15) is 8.42 Å². The number of benzene rings is 1. The number of anilines is 2. The van der Waals surface area contributed by atoms with Crippen molar-refractivity contribution in [2.45, 2.75) is 6.92 Å². The van der Waals surface area contributed by atoms with Crippen LogP contribution in [0.15, 0.2) is 24.3 Å². The highest BCUT2D eigenvalue weighted by atomic mass is 35.5. The summed E-state index contributed by atoms with van der Waals surface area (Å²) in [6.45, 7) is 3.38. The largest absolute Gasteiger partial charge is 0.395 e. The van der Waals surface area contributed by atoms with Crippen molar-refractivity contribution in [2.24, 2.45) is 0 Å². The van der Waals surface area contributed by atoms with Crippen molar-refractivity contribution >= 4 is 33.0 Å². The number of nitrogens with one attached hydrogen (secondary N) is 1. The fourth-order valence-corrected chi connectivity index (χ4v) is 2.25. The average Bonchev–Trinajstić information content (AvgIpc) is 2.37. The van der Waals surface area contributed by atoms with Crippen molar-refractivity contribution in [3.05, 3.63) is 24.3 Å². The first-order valence-corrected chi connectivity index (χ1v) is 7.73. The summed E-state index contributed by atoms with van der Waals surface area (Å²) < 4.78 is 24.9. The Labute approximate surface area is 112 Å². The summed E-state index contributed by atoms with van der Waals surface area (Å²) in [6, 6.07) is 6.93. The number of sulfonamides is 1. The molecule has 0 amide bonds. The summed E-state index contributed by atoms with van der Waals surface area (Å²) in [5.74, 6) is 0. The number of likely N-dealkylation sites (N-methyl/N-ethyl adjacent to an activating group) is 1. The predicted octanol–water partition coefficient (Wildman–Crippen LogP) is 1.44. The molecule has 18 heavy (non-hydrogen) atoms. The van der Waals surface area contributed by atoms with E-state index in [4.69, 9.17) is 16.7 Å². The molecular weight excluding hydrogens is 276 g/mol. The van der Waals surface area contributed by atoms with Crippen LogP contribution in [0.1, 0.15) is 6.92 Å². The van der Waals surface area contributed by atoms with Crippen LogP contribution in [0, 0.1) is 0 Å². The van der Waals surface area contributed by atoms with Crippen LogP contribution in [-0.4, -0.2) is 38.4 Å². The van der Waals surface area contributed by atoms with Crippen molar-refractivity contribution in [1.82, 2.24) is 0 Å². The molecule has 102 valence electrons. The number of halogens is 1. The van der Waals surface area contributed by atoms with Gasteiger partial charge in [0, 0.05) is 24.5 Å². The minimum absolute atomic E-state index is 0.0778. The highest BCUT2D eigenvalue weighted by molar-refractivity contribution is 7.93. The predicted molar refractivity (Wildman–Crippen MR) is 74.7 cm³/mol. The molecule has 0 heterocycles. The van der Waals surface area contributed by atoms with Gasteiger partial charge in [0.25, 0.3) is 0 Å². The van der Waals surface area contributed by atoms with Gasteiger partial charge >= 0.3 is 0 Å². The highest BCUT2D eigenvalue weighted by Gasteiger charge is 2.08. The van der Waals surface area contributed by atoms with Crippen LogP contribution in [0.3, 0.4) is 0 Å². The highest BCUT2D eigenvalue weighted by Crippen LogP contribution is 2.18. The van der Waals surface area contributed by atoms with Gasteiger partial charge in [0.2, 0.25) is 10.0 Å². The van der Waals surface area contributed by atoms with E-state index in [1.807, 2.05) is 11.8 Å². The average molecular weight is 293 g/mol. The number of rotatable bonds is 7. The molecule has 0 saturated heterocycles. The lowest BCUT2D eigenvalue weighted by atomic mass is 10.2. The second-order valence-corrected chi connectivity index (χ2v) is 5.98. The Balaban J connectivity index is 2.79. The first kappa shape index (κ1) is 15.1. The zero-order valence-electron chi connectivity index (χ0n) is 10.1. The quantitative estimate of drug-likeness (QED) is 0.746. The van der Waals surface area contributed by atoms with Crippen LogP contribution >= 0.6 is 11.6 Å². The lowest BCUT2D eigenvalue weighted by Crippen LogP contribution is -2.26. The van der Waals surface area contributed by atoms with Gasteiger partial charge in [0.05, 0.1) is 6.61 Å². The van der Waals surface area contributed by atoms with E-state index in [0.717, 1.165) is 12.2 Å². The van der Waals surface area contributed by atoms with E-state index in [1.54, 1.807) is 24.3 Å². The summed E-state index contributed by atoms with van der Waals surface area (Å²) in [7, 11) is -3.46. The molecule has 0 unspecified atom stereocenters. The van der Waals surface area contributed by atoms with E-state index in [1.165, 1.54) is 0 Å². The van der Waals surface area contributed by atoms with Crippen LogP contribution in [0.5, 0.6) is 0 Å². The number of hydrogen-bond donors (Lipinski definition) is 2. The van der Waals surface area contributed by atoms with Gasteiger partial charge in [-0.3, -0.25) is 4.72 Å². The van der Waals surface area contributed by atoms with Gasteiger partial charge in [-0.25, -0.2) is 8.42 Å². The molecule has 5 nitrogen and oxygen atoms in total. The molecule has 0 aliphatic heterocycles. The third kappa shape index (κ3) is 4.36. The van der Waals surface area contributed by atoms with Gasteiger partial charge in [-0.05, 0) is 31.2 Å². The minimum Gasteiger partial charge on any atom is -0.395 e. The second-order valence-electron chi connectivity index (χ2n) is 3.68. The Bertz CT molecular complexity index is 462. The number of aliphatic hydroxyl groups is 1. The molecule has 1 aromatic rings. The van der Waals surface area contributed by atoms with Crippen LogP contribution in [0.25, 0.3) is 0 Å². The molecule has 0 aliphatic carbocycles. The van der Waals surface area contributed by atoms with Crippen LogP contribution in [0.2, 0.25) is 0 Å². The lowest BCUT2D eigenvalue weighted by Gasteiger charge is -2.22. The molecule has 0 bridgehead atoms. The zero-order valence-corrected chi connectivity index (χ0v) is 11.7. The fraction of sp³-hybridized carbons (Fsp3) is 0.455. The van der Waals surface area contributed by atoms with Crippen molar-refractivity contribution in [3.8, 4) is 0 Å². The first-order chi connectivity index (χ1) is 8.52. The van der Waals surface area contributed by atoms with E-state index < -0.39 is 15.2 Å². The Morgan fingerprint density at radius 2 is 1.94 bits per heavy atom. The third-order valence-electron chi connectivity index (χ3n) is 2.40. The number of nitrogens with zero attached hydrogens (tertiary/aromatic N) is 1. The molecule has 0 spiro atoms. The van der Waals surface area contributed by atoms with Gasteiger partial charge in [-0.15, -0.1) is 11.6 Å². The standard InChI is InChI=1S/C11H17ClN2O3S/c1-2-14(7-8-15)11-5-3-10(4-6-11)13-18(16,17)9-12/h3-6,13,15H,2,7-9H2,1H3. The van der Waals surface area contributed by atoms with Crippen LogP contribution in [-0.2, 0) is 10.0 Å². The zero-order chi connectivity index (χ0) is 13.6. The van der Waals surface area contributed by atoms with Gasteiger partial charge < -0.3 is 10.0 Å². The van der Waals surface area contributed by atoms with E-state index in [-0.39, 0.29) is 6.61 Å². The Morgan fingerprint density at radius 1 is 1.33 bits per heavy atom. The first-order valence-electron chi connectivity index (χ1n) is 5.54. The normalized spacial score (nSPS) is 11.3. The van der Waals surface area contributed by atoms with Crippen molar-refractivity contribution in [2.75, 3.05) is 34.5 Å². The number of alkyl halides is 1. The maximum absolute atomic E-state index is 11.3. The summed E-state index contributed by atoms with van der Waals surface area (Å²) in [4.78, 5) is 1.99. The fourth-order valence-electron chi connectivity index (χ4n) is 1.54. The number of hydrogen-bond acceptors (Lipinski definition) is 4. The van der Waals surface area contributed by atoms with E-state index >= 15 is 0 Å². The van der Waals surface area contributed by atoms with Crippen molar-refractivity contribution < 1.29 is 13.5 Å². The molecule has 0 radical (unpaired) electrons. The smallest absolute Gasteiger partial charge is 0.246 e. The molecule has 1 aromatic carbocycles. The van der Waals surface area contributed by atoms with Crippen LogP contribution in [0.4, 0.5) is 11.4 Å². The Kier molecular flexibility index (Phi) is 5.71. The summed E-state index contributed by atoms with van der Waals surface area (Å²) in [6.07, 6.45) is 0. The maximum Gasteiger partial charge on any atom is 0.246 e. The van der Waals surface area contributed by atoms with E-state index in [0.29, 0.717) is 12.2 Å². The van der Waals surface area contributed by atoms with Gasteiger partial charge in [-0.1, -0.05) is 0 Å². The van der Waals surface area contributed by atoms with Crippen LogP contribution < -0.4 is 9.62 Å². The molecule has 0 saturated carbocycles. The topological polar surface area (TPSA) is 69.6 Å². The lowest BCUT2D eigenvalue weighted by molar-refractivity contribution is 0.302. The Hall–Kier alpha value is -0.980.